The molecule has 0 amide bonds. The molecule has 0 aromatic rings. The van der Waals surface area contributed by atoms with E-state index in [4.69, 9.17) is 4.74 Å². The van der Waals surface area contributed by atoms with E-state index in [1.54, 1.807) is 7.05 Å². The Morgan fingerprint density at radius 2 is 1.94 bits per heavy atom. The van der Waals surface area contributed by atoms with Gasteiger partial charge in [-0.05, 0) is 27.2 Å². The molecular formula is C12H25N3O2. The van der Waals surface area contributed by atoms with E-state index in [2.05, 4.69) is 22.5 Å². The maximum absolute atomic E-state index is 11.4. The lowest BCUT2D eigenvalue weighted by molar-refractivity contribution is -0.153. The van der Waals surface area contributed by atoms with Crippen LogP contribution in [0.1, 0.15) is 40.5 Å². The summed E-state index contributed by atoms with van der Waals surface area (Å²) in [5, 5.41) is 6.03. The number of nitrogens with one attached hydrogen (secondary N) is 2. The van der Waals surface area contributed by atoms with Gasteiger partial charge in [-0.2, -0.15) is 0 Å². The van der Waals surface area contributed by atoms with Gasteiger partial charge in [0.25, 0.3) is 0 Å². The molecule has 100 valence electrons. The van der Waals surface area contributed by atoms with Gasteiger partial charge in [0, 0.05) is 13.6 Å². The third-order valence-electron chi connectivity index (χ3n) is 1.87. The molecule has 0 aromatic heterocycles. The minimum atomic E-state index is -0.447. The highest BCUT2D eigenvalue weighted by Crippen LogP contribution is 2.05. The number of guanidine groups is 1. The zero-order chi connectivity index (χ0) is 13.3. The fraction of sp³-hybridized carbons (Fsp3) is 0.833. The van der Waals surface area contributed by atoms with Gasteiger partial charge in [0.05, 0.1) is 0 Å². The highest BCUT2D eigenvalue weighted by molar-refractivity contribution is 5.84. The topological polar surface area (TPSA) is 62.7 Å². The fourth-order valence-corrected chi connectivity index (χ4v) is 1.14. The van der Waals surface area contributed by atoms with Crippen molar-refractivity contribution in [2.45, 2.75) is 46.1 Å². The summed E-state index contributed by atoms with van der Waals surface area (Å²) >= 11 is 0. The van der Waals surface area contributed by atoms with Gasteiger partial charge in [0.2, 0.25) is 0 Å². The van der Waals surface area contributed by atoms with Crippen molar-refractivity contribution in [1.29, 1.82) is 0 Å². The van der Waals surface area contributed by atoms with Crippen LogP contribution in [-0.4, -0.2) is 37.7 Å². The van der Waals surface area contributed by atoms with Crippen molar-refractivity contribution >= 4 is 11.9 Å². The highest BCUT2D eigenvalue weighted by atomic mass is 16.6. The molecule has 0 spiro atoms. The van der Waals surface area contributed by atoms with Gasteiger partial charge in [-0.3, -0.25) is 9.79 Å². The van der Waals surface area contributed by atoms with Crippen molar-refractivity contribution in [2.75, 3.05) is 20.1 Å². The van der Waals surface area contributed by atoms with Gasteiger partial charge in [-0.1, -0.05) is 13.3 Å². The molecule has 0 aliphatic carbocycles. The van der Waals surface area contributed by atoms with Gasteiger partial charge >= 0.3 is 5.97 Å². The Morgan fingerprint density at radius 3 is 2.41 bits per heavy atom. The molecule has 0 aliphatic heterocycles. The Labute approximate surface area is 104 Å². The standard InChI is InChI=1S/C12H25N3O2/c1-6-7-8-14-11(13-5)15-9-10(16)17-12(2,3)4/h6-9H2,1-5H3,(H2,13,14,15). The summed E-state index contributed by atoms with van der Waals surface area (Å²) in [4.78, 5) is 15.5. The Balaban J connectivity index is 3.87. The first-order valence-electron chi connectivity index (χ1n) is 6.05. The Hall–Kier alpha value is -1.26. The van der Waals surface area contributed by atoms with Gasteiger partial charge in [-0.15, -0.1) is 0 Å². The molecule has 0 saturated carbocycles. The van der Waals surface area contributed by atoms with E-state index in [0.717, 1.165) is 19.4 Å². The smallest absolute Gasteiger partial charge is 0.325 e. The number of nitrogens with zero attached hydrogens (tertiary/aromatic N) is 1. The van der Waals surface area contributed by atoms with Crippen molar-refractivity contribution in [3.8, 4) is 0 Å². The first-order valence-corrected chi connectivity index (χ1v) is 6.05. The minimum absolute atomic E-state index is 0.128. The van der Waals surface area contributed by atoms with E-state index in [0.29, 0.717) is 5.96 Å². The first-order chi connectivity index (χ1) is 7.89. The lowest BCUT2D eigenvalue weighted by Crippen LogP contribution is -2.42. The van der Waals surface area contributed by atoms with E-state index in [-0.39, 0.29) is 12.5 Å². The number of hydrogen-bond donors (Lipinski definition) is 2. The monoisotopic (exact) mass is 243 g/mol. The largest absolute Gasteiger partial charge is 0.459 e. The van der Waals surface area contributed by atoms with Crippen LogP contribution < -0.4 is 10.6 Å². The van der Waals surface area contributed by atoms with Crippen LogP contribution in [0.15, 0.2) is 4.99 Å². The summed E-state index contributed by atoms with van der Waals surface area (Å²) in [5.41, 5.74) is -0.447. The van der Waals surface area contributed by atoms with E-state index >= 15 is 0 Å². The lowest BCUT2D eigenvalue weighted by atomic mass is 10.2. The fourth-order valence-electron chi connectivity index (χ4n) is 1.14. The summed E-state index contributed by atoms with van der Waals surface area (Å²) in [6, 6.07) is 0. The SMILES string of the molecule is CCCCNC(=NC)NCC(=O)OC(C)(C)C. The molecule has 0 radical (unpaired) electrons. The van der Waals surface area contributed by atoms with E-state index < -0.39 is 5.60 Å². The zero-order valence-electron chi connectivity index (χ0n) is 11.6. The van der Waals surface area contributed by atoms with Crippen LogP contribution in [0.25, 0.3) is 0 Å². The second kappa shape index (κ2) is 7.92. The van der Waals surface area contributed by atoms with Crippen LogP contribution in [0.5, 0.6) is 0 Å². The number of esters is 1. The second-order valence-corrected chi connectivity index (χ2v) is 4.79. The molecule has 0 aliphatic rings. The normalized spacial score (nSPS) is 12.2. The van der Waals surface area contributed by atoms with Crippen LogP contribution in [0.3, 0.4) is 0 Å². The molecular weight excluding hydrogens is 218 g/mol. The average Bonchev–Trinajstić information content (AvgIpc) is 2.20. The second-order valence-electron chi connectivity index (χ2n) is 4.79. The Kier molecular flexibility index (Phi) is 7.34. The lowest BCUT2D eigenvalue weighted by Gasteiger charge is -2.20. The number of hydrogen-bond acceptors (Lipinski definition) is 3. The quantitative estimate of drug-likeness (QED) is 0.330. The maximum atomic E-state index is 11.4. The molecule has 0 aromatic carbocycles. The maximum Gasteiger partial charge on any atom is 0.325 e. The van der Waals surface area contributed by atoms with Crippen molar-refractivity contribution in [1.82, 2.24) is 10.6 Å². The number of ether oxygens (including phenoxy) is 1. The summed E-state index contributed by atoms with van der Waals surface area (Å²) in [6.45, 7) is 8.64. The van der Waals surface area contributed by atoms with Crippen LogP contribution in [0.2, 0.25) is 0 Å². The molecule has 0 fully saturated rings. The average molecular weight is 243 g/mol. The first kappa shape index (κ1) is 15.7. The van der Waals surface area contributed by atoms with E-state index in [1.165, 1.54) is 0 Å². The third kappa shape index (κ3) is 9.66. The van der Waals surface area contributed by atoms with Crippen molar-refractivity contribution in [3.63, 3.8) is 0 Å². The molecule has 0 heterocycles. The van der Waals surface area contributed by atoms with Gasteiger partial charge in [0.15, 0.2) is 5.96 Å². The molecule has 17 heavy (non-hydrogen) atoms. The number of aliphatic imine (C=N–C) groups is 1. The predicted molar refractivity (Wildman–Crippen MR) is 70.1 cm³/mol. The Morgan fingerprint density at radius 1 is 1.29 bits per heavy atom. The van der Waals surface area contributed by atoms with Crippen molar-refractivity contribution in [2.24, 2.45) is 4.99 Å². The van der Waals surface area contributed by atoms with Crippen LogP contribution in [0.4, 0.5) is 0 Å². The zero-order valence-corrected chi connectivity index (χ0v) is 11.6. The number of rotatable bonds is 5. The third-order valence-corrected chi connectivity index (χ3v) is 1.87. The van der Waals surface area contributed by atoms with Gasteiger partial charge in [0.1, 0.15) is 12.1 Å². The van der Waals surface area contributed by atoms with E-state index in [1.807, 2.05) is 20.8 Å². The molecule has 0 bridgehead atoms. The summed E-state index contributed by atoms with van der Waals surface area (Å²) in [6.07, 6.45) is 2.20. The molecule has 5 heteroatoms. The molecule has 0 unspecified atom stereocenters. The van der Waals surface area contributed by atoms with Crippen molar-refractivity contribution < 1.29 is 9.53 Å². The van der Waals surface area contributed by atoms with Crippen LogP contribution >= 0.6 is 0 Å². The predicted octanol–water partition coefficient (Wildman–Crippen LogP) is 1.29. The molecule has 2 N–H and O–H groups in total. The van der Waals surface area contributed by atoms with Gasteiger partial charge < -0.3 is 15.4 Å². The van der Waals surface area contributed by atoms with Crippen LogP contribution in [0, 0.1) is 0 Å². The minimum Gasteiger partial charge on any atom is -0.459 e. The number of unbranched alkanes of at least 4 members (excludes halogenated alkanes) is 1. The van der Waals surface area contributed by atoms with Crippen molar-refractivity contribution in [3.05, 3.63) is 0 Å². The summed E-state index contributed by atoms with van der Waals surface area (Å²) < 4.78 is 5.17. The summed E-state index contributed by atoms with van der Waals surface area (Å²) in [5.74, 6) is 0.347. The number of carbonyl (C=O) groups excluding carboxylic acids is 1. The molecule has 0 rings (SSSR count). The summed E-state index contributed by atoms with van der Waals surface area (Å²) in [7, 11) is 1.68. The molecule has 5 nitrogen and oxygen atoms in total. The Bertz CT molecular complexity index is 257. The molecule has 0 saturated heterocycles. The number of carbonyl (C=O) groups is 1. The van der Waals surface area contributed by atoms with E-state index in [9.17, 15) is 4.79 Å². The molecule has 0 atom stereocenters. The van der Waals surface area contributed by atoms with Crippen LogP contribution in [-0.2, 0) is 9.53 Å². The van der Waals surface area contributed by atoms with Gasteiger partial charge in [-0.25, -0.2) is 0 Å². The highest BCUT2D eigenvalue weighted by Gasteiger charge is 2.15.